The van der Waals surface area contributed by atoms with E-state index >= 15 is 0 Å². The van der Waals surface area contributed by atoms with Crippen LogP contribution in [0.15, 0.2) is 54.0 Å². The van der Waals surface area contributed by atoms with Crippen LogP contribution in [-0.2, 0) is 16.0 Å². The van der Waals surface area contributed by atoms with E-state index in [1.54, 1.807) is 32.0 Å². The highest BCUT2D eigenvalue weighted by molar-refractivity contribution is 6.14. The largest absolute Gasteiger partial charge is 0.493 e. The Balaban J connectivity index is 1.77. The van der Waals surface area contributed by atoms with E-state index in [1.165, 1.54) is 32.5 Å². The Morgan fingerprint density at radius 3 is 2.42 bits per heavy atom. The summed E-state index contributed by atoms with van der Waals surface area (Å²) in [5, 5.41) is 1.91. The number of allylic oxidation sites excluding steroid dienone is 1. The van der Waals surface area contributed by atoms with Gasteiger partial charge in [-0.2, -0.15) is 13.2 Å². The predicted octanol–water partition coefficient (Wildman–Crippen LogP) is 3.86. The number of Topliss-reactive ketones (excluding diaryl/α,β-unsaturated/α-hetero) is 1. The summed E-state index contributed by atoms with van der Waals surface area (Å²) in [4.78, 5) is 44.7. The predicted molar refractivity (Wildman–Crippen MR) is 131 cm³/mol. The molecule has 38 heavy (non-hydrogen) atoms. The van der Waals surface area contributed by atoms with Crippen molar-refractivity contribution in [3.8, 4) is 11.5 Å². The van der Waals surface area contributed by atoms with Crippen molar-refractivity contribution in [3.63, 3.8) is 0 Å². The quantitative estimate of drug-likeness (QED) is 0.583. The second-order valence-electron chi connectivity index (χ2n) is 10.1. The van der Waals surface area contributed by atoms with E-state index in [4.69, 9.17) is 9.47 Å². The molecule has 1 N–H and O–H groups in total. The third-order valence-corrected chi connectivity index (χ3v) is 6.84. The number of halogens is 3. The molecule has 0 fully saturated rings. The highest BCUT2D eigenvalue weighted by Crippen LogP contribution is 2.51. The lowest BCUT2D eigenvalue weighted by atomic mass is 9.72. The number of rotatable bonds is 7. The first-order chi connectivity index (χ1) is 17.8. The number of methoxy groups -OCH3 is 2. The van der Waals surface area contributed by atoms with Gasteiger partial charge in [0.05, 0.1) is 25.4 Å². The number of hydrogen-bond acceptors (Lipinski definition) is 6. The highest BCUT2D eigenvalue weighted by atomic mass is 19.4. The van der Waals surface area contributed by atoms with E-state index in [9.17, 15) is 27.6 Å². The van der Waals surface area contributed by atoms with Crippen LogP contribution in [0.2, 0.25) is 0 Å². The number of aromatic nitrogens is 1. The van der Waals surface area contributed by atoms with Crippen molar-refractivity contribution in [2.75, 3.05) is 20.8 Å². The summed E-state index contributed by atoms with van der Waals surface area (Å²) in [5.74, 6) is -2.47. The number of ketones is 1. The third kappa shape index (κ3) is 4.61. The number of carbonyl (C=O) groups is 3. The minimum atomic E-state index is -5.28. The fourth-order valence-electron chi connectivity index (χ4n) is 5.08. The van der Waals surface area contributed by atoms with E-state index in [0.717, 1.165) is 11.1 Å². The van der Waals surface area contributed by atoms with Gasteiger partial charge in [0, 0.05) is 31.1 Å². The molecule has 1 atom stereocenters. The molecule has 202 valence electrons. The van der Waals surface area contributed by atoms with Crippen LogP contribution < -0.4 is 14.8 Å². The fraction of sp³-hybridized carbons (Fsp3) is 0.407. The third-order valence-electron chi connectivity index (χ3n) is 6.84. The fourth-order valence-corrected chi connectivity index (χ4v) is 5.08. The Labute approximate surface area is 217 Å². The van der Waals surface area contributed by atoms with Gasteiger partial charge in [-0.15, -0.1) is 0 Å². The van der Waals surface area contributed by atoms with Crippen molar-refractivity contribution in [1.82, 2.24) is 15.2 Å². The number of benzene rings is 1. The van der Waals surface area contributed by atoms with Gasteiger partial charge in [-0.05, 0) is 48.1 Å². The monoisotopic (exact) mass is 531 g/mol. The maximum atomic E-state index is 14.9. The molecule has 0 saturated carbocycles. The molecule has 0 spiro atoms. The summed E-state index contributed by atoms with van der Waals surface area (Å²) in [6.45, 7) is 3.37. The molecule has 0 bridgehead atoms. The van der Waals surface area contributed by atoms with Crippen LogP contribution in [0.4, 0.5) is 13.2 Å². The summed E-state index contributed by atoms with van der Waals surface area (Å²) in [7, 11) is 2.94. The van der Waals surface area contributed by atoms with Crippen LogP contribution in [-0.4, -0.2) is 60.0 Å². The lowest BCUT2D eigenvalue weighted by molar-refractivity contribution is -0.190. The Kier molecular flexibility index (Phi) is 6.98. The molecule has 1 aromatic carbocycles. The number of alkyl halides is 3. The molecule has 8 nitrogen and oxygen atoms in total. The highest BCUT2D eigenvalue weighted by Gasteiger charge is 2.71. The van der Waals surface area contributed by atoms with Gasteiger partial charge in [0.25, 0.3) is 11.8 Å². The molecule has 2 heterocycles. The SMILES string of the molecule is COc1ccc(CCN2C(=O)C(NC(=O)c3cccnc3)(C(F)(F)F)C3=C2CC(C)(C)CC3=O)cc1OC. The summed E-state index contributed by atoms with van der Waals surface area (Å²) in [6, 6.07) is 7.72. The normalized spacial score (nSPS) is 20.9. The minimum Gasteiger partial charge on any atom is -0.493 e. The molecule has 4 rings (SSSR count). The molecule has 2 aliphatic rings. The summed E-state index contributed by atoms with van der Waals surface area (Å²) in [6.07, 6.45) is -2.79. The van der Waals surface area contributed by atoms with Crippen LogP contribution in [0.3, 0.4) is 0 Å². The molecule has 0 radical (unpaired) electrons. The molecule has 2 aromatic rings. The number of carbonyl (C=O) groups excluding carboxylic acids is 3. The second-order valence-corrected chi connectivity index (χ2v) is 10.1. The van der Waals surface area contributed by atoms with E-state index in [1.807, 2.05) is 5.32 Å². The zero-order valence-electron chi connectivity index (χ0n) is 21.4. The van der Waals surface area contributed by atoms with Gasteiger partial charge in [-0.3, -0.25) is 19.4 Å². The number of hydrogen-bond donors (Lipinski definition) is 1. The molecule has 1 aliphatic heterocycles. The summed E-state index contributed by atoms with van der Waals surface area (Å²) >= 11 is 0. The lowest BCUT2D eigenvalue weighted by Crippen LogP contribution is -2.66. The van der Waals surface area contributed by atoms with Gasteiger partial charge >= 0.3 is 6.18 Å². The Hall–Kier alpha value is -3.89. The number of ether oxygens (including phenoxy) is 2. The maximum Gasteiger partial charge on any atom is 0.425 e. The molecular weight excluding hydrogens is 503 g/mol. The van der Waals surface area contributed by atoms with Gasteiger partial charge in [0.2, 0.25) is 5.54 Å². The van der Waals surface area contributed by atoms with Gasteiger partial charge < -0.3 is 19.7 Å². The smallest absolute Gasteiger partial charge is 0.425 e. The van der Waals surface area contributed by atoms with Crippen LogP contribution in [0, 0.1) is 5.41 Å². The van der Waals surface area contributed by atoms with E-state index in [0.29, 0.717) is 17.1 Å². The Morgan fingerprint density at radius 2 is 1.82 bits per heavy atom. The maximum absolute atomic E-state index is 14.9. The van der Waals surface area contributed by atoms with Crippen molar-refractivity contribution in [2.24, 2.45) is 5.41 Å². The van der Waals surface area contributed by atoms with Gasteiger partial charge in [-0.1, -0.05) is 19.9 Å². The van der Waals surface area contributed by atoms with Crippen LogP contribution >= 0.6 is 0 Å². The van der Waals surface area contributed by atoms with Gasteiger partial charge in [-0.25, -0.2) is 0 Å². The van der Waals surface area contributed by atoms with Crippen molar-refractivity contribution in [3.05, 3.63) is 65.1 Å². The number of nitrogens with one attached hydrogen (secondary N) is 1. The number of nitrogens with zero attached hydrogens (tertiary/aromatic N) is 2. The van der Waals surface area contributed by atoms with E-state index in [-0.39, 0.29) is 37.1 Å². The molecular formula is C27H28F3N3O5. The first-order valence-electron chi connectivity index (χ1n) is 11.9. The summed E-state index contributed by atoms with van der Waals surface area (Å²) in [5.41, 5.74) is -4.38. The van der Waals surface area contributed by atoms with Crippen molar-refractivity contribution in [2.45, 2.75) is 44.8 Å². The molecule has 1 aliphatic carbocycles. The molecule has 0 saturated heterocycles. The average molecular weight is 532 g/mol. The zero-order chi connectivity index (χ0) is 27.9. The van der Waals surface area contributed by atoms with E-state index < -0.39 is 40.3 Å². The van der Waals surface area contributed by atoms with Gasteiger partial charge in [0.1, 0.15) is 0 Å². The Morgan fingerprint density at radius 1 is 1.11 bits per heavy atom. The van der Waals surface area contributed by atoms with Crippen LogP contribution in [0.5, 0.6) is 11.5 Å². The van der Waals surface area contributed by atoms with Gasteiger partial charge in [0.15, 0.2) is 17.3 Å². The zero-order valence-corrected chi connectivity index (χ0v) is 21.4. The second kappa shape index (κ2) is 9.77. The van der Waals surface area contributed by atoms with Crippen molar-refractivity contribution in [1.29, 1.82) is 0 Å². The molecule has 2 amide bonds. The minimum absolute atomic E-state index is 0.0134. The van der Waals surface area contributed by atoms with Crippen LogP contribution in [0.25, 0.3) is 0 Å². The van der Waals surface area contributed by atoms with Crippen molar-refractivity contribution >= 4 is 17.6 Å². The first kappa shape index (κ1) is 27.2. The Bertz CT molecular complexity index is 1310. The first-order valence-corrected chi connectivity index (χ1v) is 11.9. The lowest BCUT2D eigenvalue weighted by Gasteiger charge is -2.35. The van der Waals surface area contributed by atoms with Crippen molar-refractivity contribution < 1.29 is 37.0 Å². The average Bonchev–Trinajstić information content (AvgIpc) is 3.09. The molecule has 1 unspecified atom stereocenters. The summed E-state index contributed by atoms with van der Waals surface area (Å²) < 4.78 is 55.2. The van der Waals surface area contributed by atoms with E-state index in [2.05, 4.69) is 4.98 Å². The molecule has 1 aromatic heterocycles. The topological polar surface area (TPSA) is 97.8 Å². The molecule has 11 heteroatoms. The standard InChI is InChI=1S/C27H28F3N3O5/c1-25(2)13-18-22(19(34)14-25)26(27(28,29)30,32-23(35)17-6-5-10-31-15-17)24(36)33(18)11-9-16-7-8-20(37-3)21(12-16)38-4/h5-8,10,12,15H,9,11,13-14H2,1-4H3,(H,32,35). The number of pyridine rings is 1. The van der Waals surface area contributed by atoms with Crippen LogP contribution in [0.1, 0.15) is 42.6 Å². The number of amides is 2.